The molecule has 0 spiro atoms. The Morgan fingerprint density at radius 2 is 1.94 bits per heavy atom. The number of hydrogen-bond acceptors (Lipinski definition) is 5. The van der Waals surface area contributed by atoms with E-state index in [9.17, 15) is 14.7 Å². The Kier molecular flexibility index (Phi) is 5.65. The molecule has 1 amide bonds. The van der Waals surface area contributed by atoms with Crippen LogP contribution in [0.4, 0.5) is 0 Å². The van der Waals surface area contributed by atoms with Gasteiger partial charge in [-0.1, -0.05) is 30.9 Å². The summed E-state index contributed by atoms with van der Waals surface area (Å²) in [5.41, 5.74) is 3.15. The highest BCUT2D eigenvalue weighted by Gasteiger charge is 2.42. The molecule has 1 atom stereocenters. The lowest BCUT2D eigenvalue weighted by Crippen LogP contribution is -2.31. The lowest BCUT2D eigenvalue weighted by molar-refractivity contribution is 0.0716. The van der Waals surface area contributed by atoms with Crippen LogP contribution in [0, 0.1) is 13.8 Å². The molecule has 0 fully saturated rings. The van der Waals surface area contributed by atoms with E-state index >= 15 is 0 Å². The molecule has 2 aromatic carbocycles. The van der Waals surface area contributed by atoms with Crippen molar-refractivity contribution in [1.29, 1.82) is 0 Å². The molecule has 2 heterocycles. The second kappa shape index (κ2) is 8.40. The fraction of sp³-hybridized carbons (Fsp3) is 0.280. The van der Waals surface area contributed by atoms with Crippen LogP contribution in [0.2, 0.25) is 0 Å². The number of rotatable bonds is 7. The Morgan fingerprint density at radius 3 is 2.61 bits per heavy atom. The number of fused-ring (bicyclic) bond motifs is 2. The molecule has 1 aromatic heterocycles. The van der Waals surface area contributed by atoms with E-state index in [1.807, 2.05) is 44.2 Å². The van der Waals surface area contributed by atoms with Crippen LogP contribution >= 0.6 is 0 Å². The van der Waals surface area contributed by atoms with Crippen molar-refractivity contribution < 1.29 is 19.1 Å². The van der Waals surface area contributed by atoms with Gasteiger partial charge in [-0.2, -0.15) is 0 Å². The minimum atomic E-state index is -0.580. The normalized spacial score (nSPS) is 15.4. The highest BCUT2D eigenvalue weighted by atomic mass is 16.5. The van der Waals surface area contributed by atoms with Crippen molar-refractivity contribution in [2.45, 2.75) is 26.3 Å². The van der Waals surface area contributed by atoms with E-state index in [4.69, 9.17) is 9.15 Å². The minimum absolute atomic E-state index is 0.0527. The molecule has 1 N–H and O–H groups in total. The average Bonchev–Trinajstić information content (AvgIpc) is 3.02. The van der Waals surface area contributed by atoms with Crippen molar-refractivity contribution in [3.63, 3.8) is 0 Å². The topological polar surface area (TPSA) is 80.0 Å². The van der Waals surface area contributed by atoms with Crippen molar-refractivity contribution in [3.8, 4) is 5.75 Å². The maximum absolute atomic E-state index is 13.6. The maximum atomic E-state index is 13.6. The summed E-state index contributed by atoms with van der Waals surface area (Å²) in [6, 6.07) is 10.5. The third kappa shape index (κ3) is 3.64. The van der Waals surface area contributed by atoms with Gasteiger partial charge in [0.25, 0.3) is 5.91 Å². The van der Waals surface area contributed by atoms with Crippen molar-refractivity contribution in [2.24, 2.45) is 0 Å². The molecule has 1 aliphatic rings. The predicted octanol–water partition coefficient (Wildman–Crippen LogP) is 3.90. The first kappa shape index (κ1) is 20.9. The SMILES string of the molecule is C=CCOc1ccc(C2c3c(oc4cc(C)cc(C)c4c3=O)C(=O)N2CCCO)cc1. The summed E-state index contributed by atoms with van der Waals surface area (Å²) in [6.07, 6.45) is 2.07. The van der Waals surface area contributed by atoms with Crippen molar-refractivity contribution in [2.75, 3.05) is 19.8 Å². The van der Waals surface area contributed by atoms with E-state index in [1.165, 1.54) is 0 Å². The Hall–Kier alpha value is -3.38. The van der Waals surface area contributed by atoms with E-state index in [0.717, 1.165) is 16.7 Å². The number of carbonyl (C=O) groups excluding carboxylic acids is 1. The summed E-state index contributed by atoms with van der Waals surface area (Å²) in [7, 11) is 0. The van der Waals surface area contributed by atoms with Crippen LogP contribution in [0.3, 0.4) is 0 Å². The largest absolute Gasteiger partial charge is 0.490 e. The molecular formula is C25H25NO5. The molecule has 31 heavy (non-hydrogen) atoms. The molecule has 0 aliphatic carbocycles. The van der Waals surface area contributed by atoms with E-state index in [0.29, 0.717) is 41.9 Å². The Bertz CT molecular complexity index is 1210. The van der Waals surface area contributed by atoms with Gasteiger partial charge in [-0.3, -0.25) is 9.59 Å². The molecule has 0 saturated carbocycles. The summed E-state index contributed by atoms with van der Waals surface area (Å²) in [4.78, 5) is 28.4. The van der Waals surface area contributed by atoms with Crippen molar-refractivity contribution in [1.82, 2.24) is 4.90 Å². The van der Waals surface area contributed by atoms with E-state index in [-0.39, 0.29) is 23.7 Å². The molecule has 0 saturated heterocycles. The number of amides is 1. The minimum Gasteiger partial charge on any atom is -0.490 e. The molecule has 1 aliphatic heterocycles. The van der Waals surface area contributed by atoms with Gasteiger partial charge in [0.05, 0.1) is 17.0 Å². The van der Waals surface area contributed by atoms with Gasteiger partial charge in [0.1, 0.15) is 17.9 Å². The standard InChI is InChI=1S/C25H25NO5/c1-4-12-30-18-8-6-17(7-9-18)22-21-23(28)20-16(3)13-15(2)14-19(20)31-24(21)25(29)26(22)10-5-11-27/h4,6-9,13-14,22,27H,1,5,10-12H2,2-3H3. The maximum Gasteiger partial charge on any atom is 0.290 e. The van der Waals surface area contributed by atoms with Crippen LogP contribution < -0.4 is 10.2 Å². The van der Waals surface area contributed by atoms with Gasteiger partial charge in [-0.05, 0) is 55.2 Å². The molecule has 6 heteroatoms. The lowest BCUT2D eigenvalue weighted by atomic mass is 9.97. The number of benzene rings is 2. The van der Waals surface area contributed by atoms with Gasteiger partial charge in [0.15, 0.2) is 5.43 Å². The predicted molar refractivity (Wildman–Crippen MR) is 119 cm³/mol. The number of aliphatic hydroxyl groups excluding tert-OH is 1. The molecule has 1 unspecified atom stereocenters. The van der Waals surface area contributed by atoms with Gasteiger partial charge >= 0.3 is 0 Å². The fourth-order valence-electron chi connectivity index (χ4n) is 4.23. The van der Waals surface area contributed by atoms with Crippen LogP contribution in [0.25, 0.3) is 11.0 Å². The molecular weight excluding hydrogens is 394 g/mol. The fourth-order valence-corrected chi connectivity index (χ4v) is 4.23. The molecule has 3 aromatic rings. The van der Waals surface area contributed by atoms with Gasteiger partial charge in [0.2, 0.25) is 5.76 Å². The summed E-state index contributed by atoms with van der Waals surface area (Å²) in [5, 5.41) is 9.83. The summed E-state index contributed by atoms with van der Waals surface area (Å²) in [6.45, 7) is 8.09. The van der Waals surface area contributed by atoms with Crippen LogP contribution in [-0.2, 0) is 0 Å². The van der Waals surface area contributed by atoms with Gasteiger partial charge < -0.3 is 19.2 Å². The van der Waals surface area contributed by atoms with Crippen LogP contribution in [0.5, 0.6) is 5.75 Å². The third-order valence-electron chi connectivity index (χ3n) is 5.53. The summed E-state index contributed by atoms with van der Waals surface area (Å²) < 4.78 is 11.6. The molecule has 4 rings (SSSR count). The number of aliphatic hydroxyl groups is 1. The number of carbonyl (C=O) groups is 1. The van der Waals surface area contributed by atoms with Crippen LogP contribution in [0.15, 0.2) is 58.3 Å². The number of nitrogens with zero attached hydrogens (tertiary/aromatic N) is 1. The third-order valence-corrected chi connectivity index (χ3v) is 5.53. The first-order chi connectivity index (χ1) is 15.0. The van der Waals surface area contributed by atoms with Gasteiger partial charge in [0, 0.05) is 13.2 Å². The first-order valence-corrected chi connectivity index (χ1v) is 10.3. The van der Waals surface area contributed by atoms with Crippen LogP contribution in [0.1, 0.15) is 45.3 Å². The summed E-state index contributed by atoms with van der Waals surface area (Å²) >= 11 is 0. The number of hydrogen-bond donors (Lipinski definition) is 1. The smallest absolute Gasteiger partial charge is 0.290 e. The average molecular weight is 419 g/mol. The Labute approximate surface area is 180 Å². The first-order valence-electron chi connectivity index (χ1n) is 10.3. The highest BCUT2D eigenvalue weighted by molar-refractivity contribution is 5.99. The Balaban J connectivity index is 1.89. The van der Waals surface area contributed by atoms with E-state index in [1.54, 1.807) is 17.0 Å². The highest BCUT2D eigenvalue weighted by Crippen LogP contribution is 2.39. The zero-order chi connectivity index (χ0) is 22.1. The monoisotopic (exact) mass is 419 g/mol. The molecule has 160 valence electrons. The quantitative estimate of drug-likeness (QED) is 0.588. The zero-order valence-electron chi connectivity index (χ0n) is 17.7. The molecule has 6 nitrogen and oxygen atoms in total. The second-order valence-corrected chi connectivity index (χ2v) is 7.78. The van der Waals surface area contributed by atoms with Gasteiger partial charge in [-0.15, -0.1) is 0 Å². The van der Waals surface area contributed by atoms with Gasteiger partial charge in [-0.25, -0.2) is 0 Å². The summed E-state index contributed by atoms with van der Waals surface area (Å²) in [5.74, 6) is 0.419. The zero-order valence-corrected chi connectivity index (χ0v) is 17.7. The van der Waals surface area contributed by atoms with E-state index in [2.05, 4.69) is 6.58 Å². The second-order valence-electron chi connectivity index (χ2n) is 7.78. The molecule has 0 radical (unpaired) electrons. The Morgan fingerprint density at radius 1 is 1.19 bits per heavy atom. The number of aryl methyl sites for hydroxylation is 2. The number of ether oxygens (including phenoxy) is 1. The van der Waals surface area contributed by atoms with Crippen molar-refractivity contribution >= 4 is 16.9 Å². The lowest BCUT2D eigenvalue weighted by Gasteiger charge is -2.25. The van der Waals surface area contributed by atoms with E-state index < -0.39 is 6.04 Å². The molecule has 0 bridgehead atoms. The van der Waals surface area contributed by atoms with Crippen molar-refractivity contribution in [3.05, 3.63) is 87.3 Å². The van der Waals surface area contributed by atoms with Crippen LogP contribution in [-0.4, -0.2) is 35.7 Å².